The molecule has 2 N–H and O–H groups in total. The molecule has 1 amide bonds. The number of carbonyl (C=O) groups excluding carboxylic acids is 1. The Morgan fingerprint density at radius 3 is 2.47 bits per heavy atom. The predicted octanol–water partition coefficient (Wildman–Crippen LogP) is 1.42. The zero-order chi connectivity index (χ0) is 13.8. The molecule has 2 rings (SSSR count). The number of hydrogen-bond donors (Lipinski definition) is 2. The Morgan fingerprint density at radius 2 is 1.95 bits per heavy atom. The maximum Gasteiger partial charge on any atom is 0.326 e. The van der Waals surface area contributed by atoms with Crippen LogP contribution < -0.4 is 5.32 Å². The first-order valence-corrected chi connectivity index (χ1v) is 7.17. The van der Waals surface area contributed by atoms with E-state index >= 15 is 0 Å². The lowest BCUT2D eigenvalue weighted by Crippen LogP contribution is -2.42. The van der Waals surface area contributed by atoms with E-state index in [4.69, 9.17) is 9.84 Å². The molecular formula is C14H23NO4. The van der Waals surface area contributed by atoms with Gasteiger partial charge in [-0.15, -0.1) is 0 Å². The van der Waals surface area contributed by atoms with Gasteiger partial charge in [0.1, 0.15) is 6.04 Å². The van der Waals surface area contributed by atoms with Gasteiger partial charge in [-0.05, 0) is 37.5 Å². The van der Waals surface area contributed by atoms with Crippen molar-refractivity contribution < 1.29 is 19.4 Å². The van der Waals surface area contributed by atoms with Crippen LogP contribution in [0.15, 0.2) is 0 Å². The van der Waals surface area contributed by atoms with Crippen LogP contribution in [0.3, 0.4) is 0 Å². The molecule has 0 saturated heterocycles. The van der Waals surface area contributed by atoms with E-state index in [2.05, 4.69) is 5.32 Å². The fourth-order valence-corrected chi connectivity index (χ4v) is 3.34. The molecule has 108 valence electrons. The molecule has 2 aliphatic carbocycles. The lowest BCUT2D eigenvalue weighted by Gasteiger charge is -2.14. The molecule has 2 fully saturated rings. The highest BCUT2D eigenvalue weighted by atomic mass is 16.5. The maximum absolute atomic E-state index is 12.1. The number of ether oxygens (including phenoxy) is 1. The molecule has 0 bridgehead atoms. The Bertz CT molecular complexity index is 332. The van der Waals surface area contributed by atoms with E-state index in [1.807, 2.05) is 0 Å². The first-order chi connectivity index (χ1) is 9.15. The van der Waals surface area contributed by atoms with Crippen molar-refractivity contribution in [2.24, 2.45) is 17.8 Å². The Balaban J connectivity index is 1.80. The van der Waals surface area contributed by atoms with Gasteiger partial charge in [-0.3, -0.25) is 4.79 Å². The van der Waals surface area contributed by atoms with E-state index in [0.29, 0.717) is 31.3 Å². The number of hydrogen-bond acceptors (Lipinski definition) is 3. The Labute approximate surface area is 113 Å². The third-order valence-electron chi connectivity index (χ3n) is 4.42. The molecule has 2 aliphatic rings. The first kappa shape index (κ1) is 14.3. The van der Waals surface area contributed by atoms with Crippen LogP contribution in [-0.4, -0.2) is 36.7 Å². The van der Waals surface area contributed by atoms with Gasteiger partial charge in [0.2, 0.25) is 5.91 Å². The summed E-state index contributed by atoms with van der Waals surface area (Å²) in [7, 11) is 1.59. The summed E-state index contributed by atoms with van der Waals surface area (Å²) in [6.45, 7) is 0.522. The fourth-order valence-electron chi connectivity index (χ4n) is 3.34. The van der Waals surface area contributed by atoms with Crippen LogP contribution in [0, 0.1) is 17.8 Å². The summed E-state index contributed by atoms with van der Waals surface area (Å²) in [5.74, 6) is 0.103. The molecule has 2 saturated carbocycles. The summed E-state index contributed by atoms with van der Waals surface area (Å²) in [4.78, 5) is 23.2. The van der Waals surface area contributed by atoms with Crippen molar-refractivity contribution in [3.8, 4) is 0 Å². The Hall–Kier alpha value is -1.10. The molecular weight excluding hydrogens is 246 g/mol. The standard InChI is InChI=1S/C14H23NO4/c1-19-8-4-7-11(14(17)18)15-13(16)12-9-5-2-3-6-10(9)12/h9-12H,2-8H2,1H3,(H,15,16)(H,17,18). The van der Waals surface area contributed by atoms with Crippen molar-refractivity contribution in [3.05, 3.63) is 0 Å². The quantitative estimate of drug-likeness (QED) is 0.685. The normalized spacial score (nSPS) is 30.3. The third kappa shape index (κ3) is 3.47. The van der Waals surface area contributed by atoms with Gasteiger partial charge in [-0.2, -0.15) is 0 Å². The summed E-state index contributed by atoms with van der Waals surface area (Å²) < 4.78 is 4.91. The number of carboxylic acid groups (broad SMARTS) is 1. The van der Waals surface area contributed by atoms with Gasteiger partial charge in [0.25, 0.3) is 0 Å². The smallest absolute Gasteiger partial charge is 0.326 e. The monoisotopic (exact) mass is 269 g/mol. The first-order valence-electron chi connectivity index (χ1n) is 7.17. The summed E-state index contributed by atoms with van der Waals surface area (Å²) in [5.41, 5.74) is 0. The number of carboxylic acids is 1. The van der Waals surface area contributed by atoms with Crippen LogP contribution in [-0.2, 0) is 14.3 Å². The minimum atomic E-state index is -0.951. The van der Waals surface area contributed by atoms with E-state index in [9.17, 15) is 9.59 Å². The molecule has 0 spiro atoms. The van der Waals surface area contributed by atoms with Crippen LogP contribution in [0.5, 0.6) is 0 Å². The molecule has 3 unspecified atom stereocenters. The van der Waals surface area contributed by atoms with Crippen molar-refractivity contribution in [3.63, 3.8) is 0 Å². The molecule has 5 heteroatoms. The van der Waals surface area contributed by atoms with Gasteiger partial charge in [0, 0.05) is 19.6 Å². The number of methoxy groups -OCH3 is 1. The van der Waals surface area contributed by atoms with Crippen molar-refractivity contribution >= 4 is 11.9 Å². The van der Waals surface area contributed by atoms with E-state index < -0.39 is 12.0 Å². The second-order valence-corrected chi connectivity index (χ2v) is 5.67. The molecule has 3 atom stereocenters. The molecule has 0 aromatic heterocycles. The number of nitrogens with one attached hydrogen (secondary N) is 1. The lowest BCUT2D eigenvalue weighted by molar-refractivity contribution is -0.142. The molecule has 0 aliphatic heterocycles. The number of amides is 1. The fraction of sp³-hybridized carbons (Fsp3) is 0.857. The van der Waals surface area contributed by atoms with Crippen molar-refractivity contribution in [2.45, 2.75) is 44.6 Å². The zero-order valence-electron chi connectivity index (χ0n) is 11.4. The van der Waals surface area contributed by atoms with E-state index in [1.165, 1.54) is 12.8 Å². The third-order valence-corrected chi connectivity index (χ3v) is 4.42. The molecule has 0 aromatic carbocycles. The number of aliphatic carboxylic acids is 1. The maximum atomic E-state index is 12.1. The van der Waals surface area contributed by atoms with Crippen LogP contribution in [0.2, 0.25) is 0 Å². The summed E-state index contributed by atoms with van der Waals surface area (Å²) in [6.07, 6.45) is 5.75. The number of carbonyl (C=O) groups is 2. The summed E-state index contributed by atoms with van der Waals surface area (Å²) in [5, 5.41) is 11.8. The van der Waals surface area contributed by atoms with E-state index in [0.717, 1.165) is 12.8 Å². The average Bonchev–Trinajstić information content (AvgIpc) is 3.11. The molecule has 0 radical (unpaired) electrons. The number of rotatable bonds is 7. The number of fused-ring (bicyclic) bond motifs is 1. The largest absolute Gasteiger partial charge is 0.480 e. The molecule has 0 aromatic rings. The summed E-state index contributed by atoms with van der Waals surface area (Å²) in [6, 6.07) is -0.773. The Morgan fingerprint density at radius 1 is 1.32 bits per heavy atom. The minimum absolute atomic E-state index is 0.0540. The predicted molar refractivity (Wildman–Crippen MR) is 69.6 cm³/mol. The second-order valence-electron chi connectivity index (χ2n) is 5.67. The van der Waals surface area contributed by atoms with Crippen LogP contribution in [0.25, 0.3) is 0 Å². The van der Waals surface area contributed by atoms with Crippen molar-refractivity contribution in [1.29, 1.82) is 0 Å². The van der Waals surface area contributed by atoms with Gasteiger partial charge in [0.15, 0.2) is 0 Å². The average molecular weight is 269 g/mol. The van der Waals surface area contributed by atoms with Gasteiger partial charge in [-0.1, -0.05) is 12.8 Å². The van der Waals surface area contributed by atoms with Gasteiger partial charge in [-0.25, -0.2) is 4.79 Å². The topological polar surface area (TPSA) is 75.6 Å². The van der Waals surface area contributed by atoms with Crippen molar-refractivity contribution in [2.75, 3.05) is 13.7 Å². The molecule has 5 nitrogen and oxygen atoms in total. The van der Waals surface area contributed by atoms with Gasteiger partial charge < -0.3 is 15.2 Å². The summed E-state index contributed by atoms with van der Waals surface area (Å²) >= 11 is 0. The highest BCUT2D eigenvalue weighted by Crippen LogP contribution is 2.55. The van der Waals surface area contributed by atoms with Gasteiger partial charge >= 0.3 is 5.97 Å². The highest BCUT2D eigenvalue weighted by Gasteiger charge is 2.54. The van der Waals surface area contributed by atoms with E-state index in [1.54, 1.807) is 7.11 Å². The van der Waals surface area contributed by atoms with Crippen molar-refractivity contribution in [1.82, 2.24) is 5.32 Å². The van der Waals surface area contributed by atoms with Crippen LogP contribution in [0.1, 0.15) is 38.5 Å². The zero-order valence-corrected chi connectivity index (χ0v) is 11.4. The Kier molecular flexibility index (Phi) is 4.80. The minimum Gasteiger partial charge on any atom is -0.480 e. The molecule has 19 heavy (non-hydrogen) atoms. The van der Waals surface area contributed by atoms with Crippen LogP contribution in [0.4, 0.5) is 0 Å². The lowest BCUT2D eigenvalue weighted by atomic mass is 10.0. The molecule has 0 heterocycles. The van der Waals surface area contributed by atoms with Gasteiger partial charge in [0.05, 0.1) is 0 Å². The second kappa shape index (κ2) is 6.37. The van der Waals surface area contributed by atoms with Crippen LogP contribution >= 0.6 is 0 Å². The van der Waals surface area contributed by atoms with E-state index in [-0.39, 0.29) is 11.8 Å². The SMILES string of the molecule is COCCCC(NC(=O)C1C2CCCCC21)C(=O)O. The highest BCUT2D eigenvalue weighted by molar-refractivity contribution is 5.87.